The second-order valence-electron chi connectivity index (χ2n) is 12.4. The average Bonchev–Trinajstić information content (AvgIpc) is 3.53. The van der Waals surface area contributed by atoms with Gasteiger partial charge >= 0.3 is 0 Å². The van der Waals surface area contributed by atoms with Crippen LogP contribution in [-0.4, -0.2) is 11.7 Å². The topological polar surface area (TPSA) is 36.8 Å². The minimum atomic E-state index is -0.767. The lowest BCUT2D eigenvalue weighted by atomic mass is 9.64. The minimum Gasteiger partial charge on any atom is -0.342 e. The Kier molecular flexibility index (Phi) is 6.22. The van der Waals surface area contributed by atoms with Crippen LogP contribution in [0.1, 0.15) is 41.7 Å². The van der Waals surface area contributed by atoms with Crippen molar-refractivity contribution >= 4 is 11.7 Å². The fourth-order valence-corrected chi connectivity index (χ4v) is 7.98. The maximum absolute atomic E-state index is 5.81. The molecule has 3 heteroatoms. The van der Waals surface area contributed by atoms with Gasteiger partial charge in [0.25, 0.3) is 0 Å². The third kappa shape index (κ3) is 3.99. The van der Waals surface area contributed by atoms with E-state index in [1.54, 1.807) is 0 Å². The highest BCUT2D eigenvalue weighted by molar-refractivity contribution is 6.13. The number of amidine groups is 2. The lowest BCUT2D eigenvalue weighted by Gasteiger charge is -2.38. The number of allylic oxidation sites excluding steroid dienone is 8. The normalized spacial score (nSPS) is 25.8. The molecule has 4 atom stereocenters. The summed E-state index contributed by atoms with van der Waals surface area (Å²) in [6, 6.07) is 36.4. The number of hydrogen-bond donors (Lipinski definition) is 1. The molecule has 0 saturated heterocycles. The van der Waals surface area contributed by atoms with Crippen LogP contribution in [0.25, 0.3) is 11.1 Å². The Morgan fingerprint density at radius 3 is 2.27 bits per heavy atom. The molecule has 1 spiro atoms. The molecule has 0 fully saturated rings. The molecule has 0 aromatic heterocycles. The summed E-state index contributed by atoms with van der Waals surface area (Å²) >= 11 is 0. The molecule has 4 aromatic carbocycles. The van der Waals surface area contributed by atoms with Crippen molar-refractivity contribution in [2.24, 2.45) is 21.8 Å². The smallest absolute Gasteiger partial charge is 0.159 e. The fraction of sp³-hybridized carbons (Fsp3) is 0.143. The first-order valence-corrected chi connectivity index (χ1v) is 15.6. The molecule has 1 heterocycles. The number of rotatable bonds is 4. The quantitative estimate of drug-likeness (QED) is 0.242. The van der Waals surface area contributed by atoms with Crippen LogP contribution in [0.5, 0.6) is 0 Å². The van der Waals surface area contributed by atoms with Crippen LogP contribution in [0.3, 0.4) is 0 Å². The first-order chi connectivity index (χ1) is 22.0. The monoisotopic (exact) mass is 579 g/mol. The van der Waals surface area contributed by atoms with E-state index in [0.717, 1.165) is 22.5 Å². The van der Waals surface area contributed by atoms with Gasteiger partial charge in [0.15, 0.2) is 11.5 Å². The lowest BCUT2D eigenvalue weighted by molar-refractivity contribution is 0.427. The van der Waals surface area contributed by atoms with Crippen LogP contribution >= 0.6 is 0 Å². The van der Waals surface area contributed by atoms with Gasteiger partial charge in [-0.3, -0.25) is 0 Å². The van der Waals surface area contributed by atoms with Gasteiger partial charge in [0.1, 0.15) is 5.84 Å². The number of hydrogen-bond acceptors (Lipinski definition) is 3. The summed E-state index contributed by atoms with van der Waals surface area (Å²) in [4.78, 5) is 10.4. The van der Waals surface area contributed by atoms with E-state index >= 15 is 0 Å². The predicted octanol–water partition coefficient (Wildman–Crippen LogP) is 8.50. The Balaban J connectivity index is 1.36. The average molecular weight is 580 g/mol. The molecule has 0 saturated carbocycles. The van der Waals surface area contributed by atoms with E-state index in [0.29, 0.717) is 5.84 Å². The molecule has 45 heavy (non-hydrogen) atoms. The SMILES string of the molecule is C#C/C=C\C1=C(C)C2C=CC=CC2C12c1ccccc1-c1ccc(C3(C)N=C(c4ccccc4)N=C(c4ccccc4)N3)cc12. The minimum absolute atomic E-state index is 0.231. The standard InChI is InChI=1S/C42H33N3/c1-4-5-22-35-28(2)32-20-12-14-23-36(32)42(35)37-24-15-13-21-33(37)34-26-25-31(27-38(34)42)41(3)44-39(29-16-8-6-9-17-29)43-40(45-41)30-18-10-7-11-19-30/h1,5-27,32,36H,2-3H3,(H,43,44,45)/b22-5-. The number of fused-ring (bicyclic) bond motifs is 7. The van der Waals surface area contributed by atoms with Crippen molar-refractivity contribution in [1.29, 1.82) is 0 Å². The van der Waals surface area contributed by atoms with E-state index in [-0.39, 0.29) is 17.3 Å². The molecule has 3 nitrogen and oxygen atoms in total. The molecular weight excluding hydrogens is 546 g/mol. The Bertz CT molecular complexity index is 2070. The third-order valence-corrected chi connectivity index (χ3v) is 9.97. The molecule has 3 aliphatic carbocycles. The second-order valence-corrected chi connectivity index (χ2v) is 12.4. The molecule has 4 aromatic rings. The summed E-state index contributed by atoms with van der Waals surface area (Å²) in [7, 11) is 0. The molecule has 0 bridgehead atoms. The van der Waals surface area contributed by atoms with Crippen LogP contribution < -0.4 is 5.32 Å². The Morgan fingerprint density at radius 1 is 0.800 bits per heavy atom. The zero-order valence-corrected chi connectivity index (χ0v) is 25.4. The summed E-state index contributed by atoms with van der Waals surface area (Å²) in [6.45, 7) is 4.44. The van der Waals surface area contributed by atoms with Crippen LogP contribution in [-0.2, 0) is 11.1 Å². The molecule has 4 aliphatic rings. The highest BCUT2D eigenvalue weighted by Crippen LogP contribution is 2.64. The summed E-state index contributed by atoms with van der Waals surface area (Å²) in [6.07, 6.45) is 19.0. The summed E-state index contributed by atoms with van der Waals surface area (Å²) in [5.74, 6) is 4.81. The van der Waals surface area contributed by atoms with Crippen LogP contribution in [0, 0.1) is 24.2 Å². The van der Waals surface area contributed by atoms with E-state index in [1.807, 2.05) is 42.5 Å². The molecule has 0 amide bonds. The first kappa shape index (κ1) is 27.1. The molecular formula is C42H33N3. The zero-order chi connectivity index (χ0) is 30.6. The molecule has 8 rings (SSSR count). The number of aliphatic imine (C=N–C) groups is 2. The van der Waals surface area contributed by atoms with Crippen molar-refractivity contribution in [3.8, 4) is 23.5 Å². The van der Waals surface area contributed by atoms with E-state index in [2.05, 4.69) is 122 Å². The maximum atomic E-state index is 5.81. The molecule has 1 N–H and O–H groups in total. The highest BCUT2D eigenvalue weighted by Gasteiger charge is 2.57. The van der Waals surface area contributed by atoms with Crippen molar-refractivity contribution in [2.45, 2.75) is 24.9 Å². The van der Waals surface area contributed by atoms with E-state index in [1.165, 1.54) is 33.4 Å². The van der Waals surface area contributed by atoms with Crippen LogP contribution in [0.15, 0.2) is 161 Å². The van der Waals surface area contributed by atoms with Crippen LogP contribution in [0.2, 0.25) is 0 Å². The summed E-state index contributed by atoms with van der Waals surface area (Å²) in [5.41, 5.74) is 9.79. The second kappa shape index (κ2) is 10.3. The van der Waals surface area contributed by atoms with Crippen molar-refractivity contribution < 1.29 is 0 Å². The van der Waals surface area contributed by atoms with E-state index in [9.17, 15) is 0 Å². The van der Waals surface area contributed by atoms with Gasteiger partial charge < -0.3 is 5.32 Å². The van der Waals surface area contributed by atoms with Gasteiger partial charge in [-0.25, -0.2) is 9.98 Å². The highest BCUT2D eigenvalue weighted by atomic mass is 15.2. The molecule has 216 valence electrons. The summed E-state index contributed by atoms with van der Waals surface area (Å²) in [5, 5.41) is 3.75. The Morgan fingerprint density at radius 2 is 1.49 bits per heavy atom. The Hall–Kier alpha value is -5.46. The van der Waals surface area contributed by atoms with Gasteiger partial charge in [0, 0.05) is 23.0 Å². The molecule has 1 aliphatic heterocycles. The van der Waals surface area contributed by atoms with Gasteiger partial charge in [-0.1, -0.05) is 133 Å². The number of benzene rings is 4. The largest absolute Gasteiger partial charge is 0.342 e. The number of nitrogens with zero attached hydrogens (tertiary/aromatic N) is 2. The first-order valence-electron chi connectivity index (χ1n) is 15.6. The van der Waals surface area contributed by atoms with Gasteiger partial charge in [0.05, 0.1) is 5.41 Å². The van der Waals surface area contributed by atoms with Crippen molar-refractivity contribution in [3.63, 3.8) is 0 Å². The predicted molar refractivity (Wildman–Crippen MR) is 185 cm³/mol. The lowest BCUT2D eigenvalue weighted by Crippen LogP contribution is -2.46. The number of nitrogens with one attached hydrogen (secondary N) is 1. The molecule has 0 radical (unpaired) electrons. The third-order valence-electron chi connectivity index (χ3n) is 9.97. The van der Waals surface area contributed by atoms with E-state index < -0.39 is 5.66 Å². The van der Waals surface area contributed by atoms with Crippen molar-refractivity contribution in [2.75, 3.05) is 0 Å². The maximum Gasteiger partial charge on any atom is 0.159 e. The van der Waals surface area contributed by atoms with Gasteiger partial charge in [-0.05, 0) is 65.5 Å². The van der Waals surface area contributed by atoms with E-state index in [4.69, 9.17) is 16.4 Å². The molecule has 4 unspecified atom stereocenters. The zero-order valence-electron chi connectivity index (χ0n) is 25.4. The van der Waals surface area contributed by atoms with Gasteiger partial charge in [-0.2, -0.15) is 0 Å². The van der Waals surface area contributed by atoms with Crippen molar-refractivity contribution in [3.05, 3.63) is 179 Å². The Labute approximate surface area is 265 Å². The summed E-state index contributed by atoms with van der Waals surface area (Å²) < 4.78 is 0. The van der Waals surface area contributed by atoms with Gasteiger partial charge in [0.2, 0.25) is 0 Å². The van der Waals surface area contributed by atoms with Crippen molar-refractivity contribution in [1.82, 2.24) is 5.32 Å². The number of terminal acetylenes is 1. The van der Waals surface area contributed by atoms with Gasteiger partial charge in [-0.15, -0.1) is 6.42 Å². The van der Waals surface area contributed by atoms with Crippen LogP contribution in [0.4, 0.5) is 0 Å². The fourth-order valence-electron chi connectivity index (χ4n) is 7.98.